The molecule has 1 aliphatic rings. The van der Waals surface area contributed by atoms with Crippen LogP contribution in [0, 0.1) is 23.4 Å². The van der Waals surface area contributed by atoms with Crippen molar-refractivity contribution in [3.8, 4) is 22.5 Å². The van der Waals surface area contributed by atoms with Gasteiger partial charge in [0.25, 0.3) is 0 Å². The maximum atomic E-state index is 14.9. The number of hydrogen-bond acceptors (Lipinski definition) is 5. The number of hydrogen-bond donors (Lipinski definition) is 2. The Morgan fingerprint density at radius 2 is 1.71 bits per heavy atom. The van der Waals surface area contributed by atoms with E-state index >= 15 is 0 Å². The highest BCUT2D eigenvalue weighted by Crippen LogP contribution is 2.29. The van der Waals surface area contributed by atoms with Gasteiger partial charge in [0.2, 0.25) is 5.95 Å². The van der Waals surface area contributed by atoms with Crippen molar-refractivity contribution in [1.29, 1.82) is 0 Å². The lowest BCUT2D eigenvalue weighted by Gasteiger charge is -2.31. The van der Waals surface area contributed by atoms with Crippen LogP contribution in [-0.2, 0) is 4.79 Å². The molecule has 0 amide bonds. The van der Waals surface area contributed by atoms with Gasteiger partial charge in [0, 0.05) is 49.6 Å². The number of carboxylic acid groups (broad SMARTS) is 1. The van der Waals surface area contributed by atoms with Crippen molar-refractivity contribution in [1.82, 2.24) is 19.9 Å². The van der Waals surface area contributed by atoms with Gasteiger partial charge in [0.1, 0.15) is 11.6 Å². The lowest BCUT2D eigenvalue weighted by molar-refractivity contribution is -0.138. The minimum Gasteiger partial charge on any atom is -0.481 e. The molecule has 3 heterocycles. The van der Waals surface area contributed by atoms with Crippen molar-refractivity contribution in [2.45, 2.75) is 19.3 Å². The number of aromatic nitrogens is 4. The minimum absolute atomic E-state index is 0.166. The maximum Gasteiger partial charge on any atom is 0.303 e. The third kappa shape index (κ3) is 4.30. The van der Waals surface area contributed by atoms with E-state index < -0.39 is 23.4 Å². The van der Waals surface area contributed by atoms with Crippen molar-refractivity contribution >= 4 is 23.0 Å². The van der Waals surface area contributed by atoms with Gasteiger partial charge in [-0.05, 0) is 36.5 Å². The van der Waals surface area contributed by atoms with Crippen LogP contribution in [0.25, 0.3) is 33.5 Å². The first-order chi connectivity index (χ1) is 16.4. The van der Waals surface area contributed by atoms with Gasteiger partial charge in [-0.25, -0.2) is 28.1 Å². The molecule has 0 saturated carbocycles. The Labute approximate surface area is 192 Å². The molecule has 2 N–H and O–H groups in total. The number of H-pyrrole nitrogens is 1. The molecule has 0 atom stereocenters. The number of imidazole rings is 1. The number of anilines is 1. The monoisotopic (exact) mass is 467 g/mol. The van der Waals surface area contributed by atoms with Gasteiger partial charge in [0.05, 0.1) is 16.6 Å². The average Bonchev–Trinajstić information content (AvgIpc) is 3.22. The van der Waals surface area contributed by atoms with E-state index in [4.69, 9.17) is 5.11 Å². The largest absolute Gasteiger partial charge is 0.481 e. The molecule has 0 radical (unpaired) electrons. The molecule has 0 unspecified atom stereocenters. The fraction of sp³-hybridized carbons (Fsp3) is 0.250. The minimum atomic E-state index is -1.02. The molecule has 174 valence electrons. The number of carbonyl (C=O) groups is 1. The zero-order valence-electron chi connectivity index (χ0n) is 17.9. The Hall–Kier alpha value is -3.95. The van der Waals surface area contributed by atoms with Gasteiger partial charge in [-0.1, -0.05) is 6.07 Å². The van der Waals surface area contributed by atoms with Crippen LogP contribution in [0.1, 0.15) is 19.3 Å². The van der Waals surface area contributed by atoms with Crippen LogP contribution >= 0.6 is 0 Å². The van der Waals surface area contributed by atoms with Crippen LogP contribution in [0.3, 0.4) is 0 Å². The Bertz CT molecular complexity index is 1330. The fourth-order valence-electron chi connectivity index (χ4n) is 4.24. The average molecular weight is 467 g/mol. The molecule has 1 fully saturated rings. The summed E-state index contributed by atoms with van der Waals surface area (Å²) in [4.78, 5) is 28.7. The Morgan fingerprint density at radius 1 is 1.00 bits per heavy atom. The quantitative estimate of drug-likeness (QED) is 0.438. The van der Waals surface area contributed by atoms with E-state index in [1.54, 1.807) is 18.5 Å². The number of halogens is 3. The van der Waals surface area contributed by atoms with Crippen molar-refractivity contribution in [3.63, 3.8) is 0 Å². The molecule has 0 spiro atoms. The Kier molecular flexibility index (Phi) is 5.64. The highest BCUT2D eigenvalue weighted by molar-refractivity contribution is 5.80. The fourth-order valence-corrected chi connectivity index (χ4v) is 4.24. The number of aliphatic carboxylic acids is 1. The van der Waals surface area contributed by atoms with Crippen LogP contribution in [0.2, 0.25) is 0 Å². The number of aromatic amines is 1. The first-order valence-electron chi connectivity index (χ1n) is 10.8. The number of nitrogens with zero attached hydrogens (tertiary/aromatic N) is 4. The van der Waals surface area contributed by atoms with E-state index in [1.807, 2.05) is 4.90 Å². The van der Waals surface area contributed by atoms with Gasteiger partial charge >= 0.3 is 5.97 Å². The van der Waals surface area contributed by atoms with E-state index in [0.717, 1.165) is 25.0 Å². The number of piperidine rings is 1. The van der Waals surface area contributed by atoms with E-state index in [9.17, 15) is 18.0 Å². The second-order valence-corrected chi connectivity index (χ2v) is 8.36. The normalized spacial score (nSPS) is 14.6. The lowest BCUT2D eigenvalue weighted by atomic mass is 9.94. The summed E-state index contributed by atoms with van der Waals surface area (Å²) in [6, 6.07) is 6.52. The molecule has 34 heavy (non-hydrogen) atoms. The summed E-state index contributed by atoms with van der Waals surface area (Å²) in [6.45, 7) is 1.37. The third-order valence-electron chi connectivity index (χ3n) is 6.08. The molecular formula is C24H20F3N5O2. The molecule has 0 aliphatic carbocycles. The van der Waals surface area contributed by atoms with Crippen molar-refractivity contribution in [3.05, 3.63) is 60.2 Å². The summed E-state index contributed by atoms with van der Waals surface area (Å²) in [5.74, 6) is -2.47. The molecule has 4 aromatic rings. The Morgan fingerprint density at radius 3 is 2.38 bits per heavy atom. The van der Waals surface area contributed by atoms with Gasteiger partial charge in [0.15, 0.2) is 11.6 Å². The molecule has 2 aromatic heterocycles. The molecule has 1 saturated heterocycles. The number of nitrogens with one attached hydrogen (secondary N) is 1. The summed E-state index contributed by atoms with van der Waals surface area (Å²) in [5, 5.41) is 8.94. The predicted octanol–water partition coefficient (Wildman–Crippen LogP) is 4.80. The molecule has 0 bridgehead atoms. The summed E-state index contributed by atoms with van der Waals surface area (Å²) in [5.41, 5.74) is 1.84. The van der Waals surface area contributed by atoms with Crippen molar-refractivity contribution in [2.75, 3.05) is 18.0 Å². The SMILES string of the molecule is O=C(O)CC1CCN(c2ncc(-c3ccc(-c4nc5cc(F)c(F)cc5[nH]4)c(F)c3)cn2)CC1. The van der Waals surface area contributed by atoms with Crippen LogP contribution in [0.4, 0.5) is 19.1 Å². The third-order valence-corrected chi connectivity index (χ3v) is 6.08. The van der Waals surface area contributed by atoms with Crippen molar-refractivity contribution in [2.24, 2.45) is 5.92 Å². The summed E-state index contributed by atoms with van der Waals surface area (Å²) in [7, 11) is 0. The van der Waals surface area contributed by atoms with E-state index in [0.29, 0.717) is 30.2 Å². The van der Waals surface area contributed by atoms with Crippen LogP contribution in [0.15, 0.2) is 42.7 Å². The van der Waals surface area contributed by atoms with Gasteiger partial charge in [-0.2, -0.15) is 0 Å². The molecule has 7 nitrogen and oxygen atoms in total. The van der Waals surface area contributed by atoms with Crippen LogP contribution in [0.5, 0.6) is 0 Å². The second-order valence-electron chi connectivity index (χ2n) is 8.36. The second kappa shape index (κ2) is 8.77. The van der Waals surface area contributed by atoms with Crippen molar-refractivity contribution < 1.29 is 23.1 Å². The molecular weight excluding hydrogens is 447 g/mol. The van der Waals surface area contributed by atoms with E-state index in [-0.39, 0.29) is 34.8 Å². The number of carboxylic acids is 1. The predicted molar refractivity (Wildman–Crippen MR) is 120 cm³/mol. The lowest BCUT2D eigenvalue weighted by Crippen LogP contribution is -2.35. The highest BCUT2D eigenvalue weighted by atomic mass is 19.2. The summed E-state index contributed by atoms with van der Waals surface area (Å²) in [6.07, 6.45) is 4.95. The molecule has 10 heteroatoms. The number of fused-ring (bicyclic) bond motifs is 1. The highest BCUT2D eigenvalue weighted by Gasteiger charge is 2.23. The van der Waals surface area contributed by atoms with E-state index in [1.165, 1.54) is 12.1 Å². The number of rotatable bonds is 5. The topological polar surface area (TPSA) is 95.0 Å². The zero-order chi connectivity index (χ0) is 23.8. The molecule has 2 aromatic carbocycles. The van der Waals surface area contributed by atoms with Gasteiger partial charge < -0.3 is 15.0 Å². The van der Waals surface area contributed by atoms with Gasteiger partial charge in [-0.15, -0.1) is 0 Å². The molecule has 5 rings (SSSR count). The zero-order valence-corrected chi connectivity index (χ0v) is 17.9. The van der Waals surface area contributed by atoms with Crippen LogP contribution < -0.4 is 4.90 Å². The summed E-state index contributed by atoms with van der Waals surface area (Å²) < 4.78 is 41.8. The maximum absolute atomic E-state index is 14.9. The first kappa shape index (κ1) is 21.9. The molecule has 1 aliphatic heterocycles. The summed E-state index contributed by atoms with van der Waals surface area (Å²) >= 11 is 0. The first-order valence-corrected chi connectivity index (χ1v) is 10.8. The number of benzene rings is 2. The smallest absolute Gasteiger partial charge is 0.303 e. The standard InChI is InChI=1S/C24H20F3N5O2/c25-17-8-14(1-2-16(17)23-30-20-9-18(26)19(27)10-21(20)31-23)15-11-28-24(29-12-15)32-5-3-13(4-6-32)7-22(33)34/h1-2,8-13H,3-7H2,(H,30,31)(H,33,34). The van der Waals surface area contributed by atoms with Gasteiger partial charge in [-0.3, -0.25) is 4.79 Å². The van der Waals surface area contributed by atoms with Crippen LogP contribution in [-0.4, -0.2) is 44.1 Å². The Balaban J connectivity index is 1.32. The van der Waals surface area contributed by atoms with E-state index in [2.05, 4.69) is 19.9 Å².